The van der Waals surface area contributed by atoms with Crippen molar-refractivity contribution in [1.29, 1.82) is 0 Å². The van der Waals surface area contributed by atoms with Gasteiger partial charge in [0.15, 0.2) is 5.11 Å². The number of rotatable bonds is 4. The molecule has 0 aliphatic rings. The van der Waals surface area contributed by atoms with Crippen LogP contribution in [0.3, 0.4) is 0 Å². The van der Waals surface area contributed by atoms with Crippen LogP contribution in [-0.2, 0) is 0 Å². The second kappa shape index (κ2) is 7.50. The number of pyridine rings is 1. The van der Waals surface area contributed by atoms with Crippen LogP contribution in [-0.4, -0.2) is 34.3 Å². The number of aromatic nitrogens is 1. The van der Waals surface area contributed by atoms with Crippen molar-refractivity contribution in [3.8, 4) is 0 Å². The zero-order valence-electron chi connectivity index (χ0n) is 12.2. The molecule has 2 aromatic rings. The molecule has 0 saturated carbocycles. The van der Waals surface area contributed by atoms with Gasteiger partial charge in [0.2, 0.25) is 0 Å². The monoisotopic (exact) mass is 298 g/mol. The first-order chi connectivity index (χ1) is 10.2. The third kappa shape index (κ3) is 4.10. The Balaban J connectivity index is 2.31. The summed E-state index contributed by atoms with van der Waals surface area (Å²) in [5, 5.41) is 5.04. The molecule has 0 radical (unpaired) electrons. The van der Waals surface area contributed by atoms with Crippen LogP contribution in [0.15, 0.2) is 59.8 Å². The zero-order chi connectivity index (χ0) is 15.1. The molecule has 108 valence electrons. The van der Waals surface area contributed by atoms with Crippen molar-refractivity contribution in [2.24, 2.45) is 5.10 Å². The molecule has 1 aromatic heterocycles. The van der Waals surface area contributed by atoms with Gasteiger partial charge in [-0.05, 0) is 31.3 Å². The molecular weight excluding hydrogens is 280 g/mol. The van der Waals surface area contributed by atoms with E-state index in [1.807, 2.05) is 67.4 Å². The second-order valence-electron chi connectivity index (χ2n) is 4.47. The van der Waals surface area contributed by atoms with Crippen molar-refractivity contribution in [2.75, 3.05) is 13.6 Å². The molecule has 0 aliphatic heterocycles. The highest BCUT2D eigenvalue weighted by molar-refractivity contribution is 7.80. The van der Waals surface area contributed by atoms with Gasteiger partial charge in [-0.15, -0.1) is 0 Å². The second-order valence-corrected chi connectivity index (χ2v) is 4.86. The molecular formula is C16H18N4S. The molecule has 5 heteroatoms. The highest BCUT2D eigenvalue weighted by Gasteiger charge is 2.08. The predicted molar refractivity (Wildman–Crippen MR) is 90.4 cm³/mol. The summed E-state index contributed by atoms with van der Waals surface area (Å²) in [6.07, 6.45) is 1.75. The number of benzene rings is 1. The van der Waals surface area contributed by atoms with Crippen LogP contribution in [0.25, 0.3) is 0 Å². The molecule has 0 bridgehead atoms. The van der Waals surface area contributed by atoms with Gasteiger partial charge >= 0.3 is 0 Å². The van der Waals surface area contributed by atoms with Crippen LogP contribution < -0.4 is 5.43 Å². The summed E-state index contributed by atoms with van der Waals surface area (Å²) in [5.41, 5.74) is 5.50. The molecule has 21 heavy (non-hydrogen) atoms. The quantitative estimate of drug-likeness (QED) is 0.535. The molecule has 0 atom stereocenters. The summed E-state index contributed by atoms with van der Waals surface area (Å²) in [4.78, 5) is 6.29. The summed E-state index contributed by atoms with van der Waals surface area (Å²) in [6, 6.07) is 15.7. The number of nitrogens with one attached hydrogen (secondary N) is 1. The molecule has 4 nitrogen and oxygen atoms in total. The Bertz CT molecular complexity index is 569. The maximum Gasteiger partial charge on any atom is 0.189 e. The summed E-state index contributed by atoms with van der Waals surface area (Å²) >= 11 is 5.28. The molecule has 0 fully saturated rings. The molecule has 2 rings (SSSR count). The van der Waals surface area contributed by atoms with Gasteiger partial charge in [-0.3, -0.25) is 10.4 Å². The van der Waals surface area contributed by atoms with Crippen molar-refractivity contribution >= 4 is 23.0 Å². The largest absolute Gasteiger partial charge is 0.351 e. The number of nitrogens with zero attached hydrogens (tertiary/aromatic N) is 3. The van der Waals surface area contributed by atoms with E-state index in [1.54, 1.807) is 6.20 Å². The first-order valence-electron chi connectivity index (χ1n) is 6.78. The van der Waals surface area contributed by atoms with E-state index in [-0.39, 0.29) is 0 Å². The number of hydrogen-bond acceptors (Lipinski definition) is 3. The Kier molecular flexibility index (Phi) is 5.40. The lowest BCUT2D eigenvalue weighted by Gasteiger charge is -2.17. The van der Waals surface area contributed by atoms with Crippen molar-refractivity contribution in [1.82, 2.24) is 15.3 Å². The SMILES string of the molecule is CCN(C)C(=S)NN=C(c1ccccc1)c1ccccn1. The van der Waals surface area contributed by atoms with Gasteiger partial charge < -0.3 is 4.90 Å². The minimum absolute atomic E-state index is 0.585. The van der Waals surface area contributed by atoms with Crippen LogP contribution in [0.5, 0.6) is 0 Å². The Hall–Kier alpha value is -2.27. The van der Waals surface area contributed by atoms with Crippen molar-refractivity contribution in [3.63, 3.8) is 0 Å². The van der Waals surface area contributed by atoms with Crippen LogP contribution in [0.2, 0.25) is 0 Å². The maximum atomic E-state index is 5.28. The fraction of sp³-hybridized carbons (Fsp3) is 0.188. The van der Waals surface area contributed by atoms with E-state index in [4.69, 9.17) is 12.2 Å². The molecule has 0 unspecified atom stereocenters. The van der Waals surface area contributed by atoms with E-state index in [1.165, 1.54) is 0 Å². The Morgan fingerprint density at radius 1 is 1.19 bits per heavy atom. The van der Waals surface area contributed by atoms with Gasteiger partial charge in [-0.25, -0.2) is 0 Å². The van der Waals surface area contributed by atoms with E-state index < -0.39 is 0 Å². The van der Waals surface area contributed by atoms with Gasteiger partial charge in [0.1, 0.15) is 5.71 Å². The first-order valence-corrected chi connectivity index (χ1v) is 7.18. The lowest BCUT2D eigenvalue weighted by Crippen LogP contribution is -2.34. The van der Waals surface area contributed by atoms with Gasteiger partial charge in [-0.2, -0.15) is 5.10 Å². The van der Waals surface area contributed by atoms with E-state index in [2.05, 4.69) is 15.5 Å². The van der Waals surface area contributed by atoms with Crippen LogP contribution in [0, 0.1) is 0 Å². The lowest BCUT2D eigenvalue weighted by atomic mass is 10.1. The van der Waals surface area contributed by atoms with E-state index in [9.17, 15) is 0 Å². The smallest absolute Gasteiger partial charge is 0.189 e. The Morgan fingerprint density at radius 3 is 2.52 bits per heavy atom. The zero-order valence-corrected chi connectivity index (χ0v) is 13.0. The van der Waals surface area contributed by atoms with Gasteiger partial charge in [0.05, 0.1) is 5.69 Å². The van der Waals surface area contributed by atoms with Crippen LogP contribution in [0.1, 0.15) is 18.2 Å². The van der Waals surface area contributed by atoms with E-state index >= 15 is 0 Å². The third-order valence-corrected chi connectivity index (χ3v) is 3.44. The predicted octanol–water partition coefficient (Wildman–Crippen LogP) is 2.66. The molecule has 1 heterocycles. The standard InChI is InChI=1S/C16H18N4S/c1-3-20(2)16(21)19-18-15(13-9-5-4-6-10-13)14-11-7-8-12-17-14/h4-12H,3H2,1-2H3,(H,19,21). The average Bonchev–Trinajstić information content (AvgIpc) is 2.56. The molecule has 1 N–H and O–H groups in total. The molecule has 0 spiro atoms. The Morgan fingerprint density at radius 2 is 1.90 bits per heavy atom. The van der Waals surface area contributed by atoms with Crippen molar-refractivity contribution in [3.05, 3.63) is 66.0 Å². The minimum atomic E-state index is 0.585. The van der Waals surface area contributed by atoms with E-state index in [0.29, 0.717) is 5.11 Å². The summed E-state index contributed by atoms with van der Waals surface area (Å²) in [5.74, 6) is 0. The summed E-state index contributed by atoms with van der Waals surface area (Å²) < 4.78 is 0. The Labute approximate surface area is 130 Å². The maximum absolute atomic E-state index is 5.28. The fourth-order valence-electron chi connectivity index (χ4n) is 1.70. The lowest BCUT2D eigenvalue weighted by molar-refractivity contribution is 0.525. The topological polar surface area (TPSA) is 40.5 Å². The highest BCUT2D eigenvalue weighted by Crippen LogP contribution is 2.08. The number of thiocarbonyl (C=S) groups is 1. The van der Waals surface area contributed by atoms with Gasteiger partial charge in [0, 0.05) is 25.4 Å². The number of hydrazone groups is 1. The third-order valence-electron chi connectivity index (χ3n) is 3.04. The fourth-order valence-corrected chi connectivity index (χ4v) is 1.88. The molecule has 0 aliphatic carbocycles. The highest BCUT2D eigenvalue weighted by atomic mass is 32.1. The normalized spacial score (nSPS) is 11.0. The molecule has 0 saturated heterocycles. The summed E-state index contributed by atoms with van der Waals surface area (Å²) in [6.45, 7) is 2.86. The van der Waals surface area contributed by atoms with Crippen LogP contribution >= 0.6 is 12.2 Å². The van der Waals surface area contributed by atoms with Crippen molar-refractivity contribution < 1.29 is 0 Å². The van der Waals surface area contributed by atoms with Crippen molar-refractivity contribution in [2.45, 2.75) is 6.92 Å². The molecule has 1 aromatic carbocycles. The number of hydrogen-bond donors (Lipinski definition) is 1. The van der Waals surface area contributed by atoms with Gasteiger partial charge in [-0.1, -0.05) is 36.4 Å². The minimum Gasteiger partial charge on any atom is -0.351 e. The average molecular weight is 298 g/mol. The van der Waals surface area contributed by atoms with Gasteiger partial charge in [0.25, 0.3) is 0 Å². The molecule has 0 amide bonds. The van der Waals surface area contributed by atoms with E-state index in [0.717, 1.165) is 23.5 Å². The van der Waals surface area contributed by atoms with Crippen LogP contribution in [0.4, 0.5) is 0 Å². The summed E-state index contributed by atoms with van der Waals surface area (Å²) in [7, 11) is 1.92. The first kappa shape index (κ1) is 15.1.